The van der Waals surface area contributed by atoms with E-state index in [0.29, 0.717) is 19.2 Å². The quantitative estimate of drug-likeness (QED) is 0.632. The minimum absolute atomic E-state index is 0.320. The van der Waals surface area contributed by atoms with Crippen molar-refractivity contribution >= 4 is 17.5 Å². The summed E-state index contributed by atoms with van der Waals surface area (Å²) in [5.41, 5.74) is 0.645. The van der Waals surface area contributed by atoms with Gasteiger partial charge in [-0.2, -0.15) is 4.98 Å². The summed E-state index contributed by atoms with van der Waals surface area (Å²) in [6.07, 6.45) is 7.67. The van der Waals surface area contributed by atoms with Crippen molar-refractivity contribution in [2.24, 2.45) is 0 Å². The molecule has 2 aromatic rings. The smallest absolute Gasteiger partial charge is 0.252 e. The van der Waals surface area contributed by atoms with Gasteiger partial charge in [-0.25, -0.2) is 4.68 Å². The number of hydrogen-bond donors (Lipinski definition) is 0. The number of rotatable bonds is 3. The highest BCUT2D eigenvalue weighted by atomic mass is 35.5. The summed E-state index contributed by atoms with van der Waals surface area (Å²) in [5, 5.41) is 4.61. The van der Waals surface area contributed by atoms with Crippen LogP contribution in [0.15, 0.2) is 60.7 Å². The van der Waals surface area contributed by atoms with Crippen LogP contribution in [0, 0.1) is 0 Å². The van der Waals surface area contributed by atoms with E-state index in [1.165, 1.54) is 0 Å². The van der Waals surface area contributed by atoms with Crippen LogP contribution >= 0.6 is 11.6 Å². The van der Waals surface area contributed by atoms with Crippen molar-refractivity contribution in [1.82, 2.24) is 19.7 Å². The molecule has 4 rings (SSSR count). The second kappa shape index (κ2) is 6.67. The van der Waals surface area contributed by atoms with Crippen LogP contribution < -0.4 is 4.90 Å². The van der Waals surface area contributed by atoms with Gasteiger partial charge in [0, 0.05) is 13.1 Å². The normalized spacial score (nSPS) is 21.0. The van der Waals surface area contributed by atoms with Crippen molar-refractivity contribution in [1.29, 1.82) is 0 Å². The number of ether oxygens (including phenoxy) is 1. The number of anilines is 1. The topological polar surface area (TPSA) is 46.4 Å². The Morgan fingerprint density at radius 2 is 1.92 bits per heavy atom. The van der Waals surface area contributed by atoms with Gasteiger partial charge in [0.15, 0.2) is 0 Å². The minimum atomic E-state index is -0.320. The average molecular weight is 344 g/mol. The second-order valence-corrected chi connectivity index (χ2v) is 6.02. The third-order valence-corrected chi connectivity index (χ3v) is 4.40. The van der Waals surface area contributed by atoms with Crippen LogP contribution in [0.25, 0.3) is 5.69 Å². The Bertz CT molecular complexity index is 751. The van der Waals surface area contributed by atoms with Crippen molar-refractivity contribution in [3.05, 3.63) is 60.7 Å². The molecule has 1 saturated heterocycles. The molecule has 0 aliphatic carbocycles. The number of hydrogen-bond acceptors (Lipinski definition) is 5. The van der Waals surface area contributed by atoms with Crippen LogP contribution in [0.3, 0.4) is 0 Å². The molecule has 0 N–H and O–H groups in total. The molecular weight excluding hydrogens is 326 g/mol. The average Bonchev–Trinajstić information content (AvgIpc) is 3.13. The molecule has 1 aromatic heterocycles. The Morgan fingerprint density at radius 1 is 1.12 bits per heavy atom. The summed E-state index contributed by atoms with van der Waals surface area (Å²) in [5.74, 6) is 1.59. The zero-order valence-corrected chi connectivity index (χ0v) is 13.9. The lowest BCUT2D eigenvalue weighted by Crippen LogP contribution is -2.45. The molecule has 0 saturated carbocycles. The van der Waals surface area contributed by atoms with Gasteiger partial charge >= 0.3 is 0 Å². The molecule has 0 bridgehead atoms. The SMILES string of the molecule is ClC1C=CC=C(N2CCOCC2)N1c1ncn(-c2ccccc2)n1. The largest absolute Gasteiger partial charge is 0.378 e. The van der Waals surface area contributed by atoms with E-state index in [1.807, 2.05) is 53.5 Å². The van der Waals surface area contributed by atoms with E-state index in [2.05, 4.69) is 15.0 Å². The van der Waals surface area contributed by atoms with Crippen LogP contribution in [0.4, 0.5) is 5.95 Å². The molecule has 2 aliphatic rings. The summed E-state index contributed by atoms with van der Waals surface area (Å²) in [7, 11) is 0. The number of allylic oxidation sites excluding steroid dienone is 2. The highest BCUT2D eigenvalue weighted by Gasteiger charge is 2.28. The van der Waals surface area contributed by atoms with Gasteiger partial charge in [0.2, 0.25) is 0 Å². The maximum atomic E-state index is 6.54. The summed E-state index contributed by atoms with van der Waals surface area (Å²) >= 11 is 6.54. The lowest BCUT2D eigenvalue weighted by molar-refractivity contribution is 0.0521. The maximum absolute atomic E-state index is 6.54. The number of benzene rings is 1. The summed E-state index contributed by atoms with van der Waals surface area (Å²) < 4.78 is 7.20. The summed E-state index contributed by atoms with van der Waals surface area (Å²) in [6.45, 7) is 3.10. The van der Waals surface area contributed by atoms with Crippen LogP contribution in [0.2, 0.25) is 0 Å². The molecule has 1 atom stereocenters. The number of aromatic nitrogens is 3. The summed E-state index contributed by atoms with van der Waals surface area (Å²) in [6, 6.07) is 9.91. The van der Waals surface area contributed by atoms with E-state index in [4.69, 9.17) is 16.3 Å². The Kier molecular flexibility index (Phi) is 4.23. The van der Waals surface area contributed by atoms with E-state index in [-0.39, 0.29) is 5.50 Å². The van der Waals surface area contributed by atoms with Crippen LogP contribution in [0.1, 0.15) is 0 Å². The van der Waals surface area contributed by atoms with Crippen molar-refractivity contribution in [2.45, 2.75) is 5.50 Å². The third-order valence-electron chi connectivity index (χ3n) is 4.06. The molecular formula is C17H18ClN5O. The first-order valence-corrected chi connectivity index (χ1v) is 8.38. The van der Waals surface area contributed by atoms with Crippen molar-refractivity contribution in [3.8, 4) is 5.69 Å². The van der Waals surface area contributed by atoms with Crippen LogP contribution in [0.5, 0.6) is 0 Å². The lowest BCUT2D eigenvalue weighted by atomic mass is 10.3. The predicted octanol–water partition coefficient (Wildman–Crippen LogP) is 2.38. The Morgan fingerprint density at radius 3 is 2.71 bits per heavy atom. The summed E-state index contributed by atoms with van der Waals surface area (Å²) in [4.78, 5) is 8.68. The molecule has 2 aliphatic heterocycles. The molecule has 0 amide bonds. The molecule has 1 fully saturated rings. The van der Waals surface area contributed by atoms with E-state index < -0.39 is 0 Å². The Labute approximate surface area is 145 Å². The fraction of sp³-hybridized carbons (Fsp3) is 0.294. The molecule has 7 heteroatoms. The van der Waals surface area contributed by atoms with Crippen LogP contribution in [-0.2, 0) is 4.74 Å². The van der Waals surface area contributed by atoms with Crippen molar-refractivity contribution in [3.63, 3.8) is 0 Å². The highest BCUT2D eigenvalue weighted by molar-refractivity contribution is 6.23. The van der Waals surface area contributed by atoms with Gasteiger partial charge in [-0.3, -0.25) is 4.90 Å². The van der Waals surface area contributed by atoms with Gasteiger partial charge in [0.05, 0.1) is 18.9 Å². The number of morpholine rings is 1. The Balaban J connectivity index is 1.65. The number of alkyl halides is 1. The standard InChI is InChI=1S/C17H18ClN5O/c18-15-7-4-8-16(21-9-11-24-12-10-21)23(15)17-19-13-22(20-17)14-5-2-1-3-6-14/h1-8,13,15H,9-12H2. The first-order chi connectivity index (χ1) is 11.8. The minimum Gasteiger partial charge on any atom is -0.378 e. The maximum Gasteiger partial charge on any atom is 0.252 e. The fourth-order valence-electron chi connectivity index (χ4n) is 2.86. The highest BCUT2D eigenvalue weighted by Crippen LogP contribution is 2.27. The van der Waals surface area contributed by atoms with Crippen molar-refractivity contribution in [2.75, 3.05) is 31.2 Å². The molecule has 1 aromatic carbocycles. The molecule has 3 heterocycles. The van der Waals surface area contributed by atoms with Crippen molar-refractivity contribution < 1.29 is 4.74 Å². The molecule has 0 radical (unpaired) electrons. The number of para-hydroxylation sites is 1. The van der Waals surface area contributed by atoms with Crippen LogP contribution in [-0.4, -0.2) is 51.5 Å². The zero-order chi connectivity index (χ0) is 16.4. The van der Waals surface area contributed by atoms with E-state index >= 15 is 0 Å². The molecule has 124 valence electrons. The van der Waals surface area contributed by atoms with Gasteiger partial charge in [0.1, 0.15) is 17.6 Å². The first kappa shape index (κ1) is 15.2. The molecule has 1 unspecified atom stereocenters. The number of halogens is 1. The Hall–Kier alpha value is -2.31. The van der Waals surface area contributed by atoms with Gasteiger partial charge in [-0.15, -0.1) is 5.10 Å². The number of nitrogens with zero attached hydrogens (tertiary/aromatic N) is 5. The van der Waals surface area contributed by atoms with E-state index in [1.54, 1.807) is 11.0 Å². The lowest BCUT2D eigenvalue weighted by Gasteiger charge is -2.38. The fourth-order valence-corrected chi connectivity index (χ4v) is 3.13. The van der Waals surface area contributed by atoms with E-state index in [9.17, 15) is 0 Å². The van der Waals surface area contributed by atoms with Gasteiger partial charge in [-0.05, 0) is 24.3 Å². The predicted molar refractivity (Wildman–Crippen MR) is 93.1 cm³/mol. The van der Waals surface area contributed by atoms with Gasteiger partial charge in [0.25, 0.3) is 5.95 Å². The first-order valence-electron chi connectivity index (χ1n) is 7.94. The van der Waals surface area contributed by atoms with Gasteiger partial charge < -0.3 is 9.64 Å². The second-order valence-electron chi connectivity index (χ2n) is 5.58. The third kappa shape index (κ3) is 2.90. The molecule has 24 heavy (non-hydrogen) atoms. The molecule has 0 spiro atoms. The zero-order valence-electron chi connectivity index (χ0n) is 13.1. The van der Waals surface area contributed by atoms with Gasteiger partial charge in [-0.1, -0.05) is 35.9 Å². The molecule has 6 nitrogen and oxygen atoms in total. The van der Waals surface area contributed by atoms with E-state index in [0.717, 1.165) is 24.6 Å². The monoisotopic (exact) mass is 343 g/mol.